The molecular weight excluding hydrogens is 196 g/mol. The van der Waals surface area contributed by atoms with Gasteiger partial charge in [0.1, 0.15) is 0 Å². The van der Waals surface area contributed by atoms with Crippen LogP contribution < -0.4 is 0 Å². The number of aliphatic carboxylic acids is 1. The third kappa shape index (κ3) is 1.56. The van der Waals surface area contributed by atoms with Crippen molar-refractivity contribution in [1.82, 2.24) is 0 Å². The number of rotatable bonds is 2. The van der Waals surface area contributed by atoms with Gasteiger partial charge in [0.15, 0.2) is 0 Å². The molecule has 1 heterocycles. The van der Waals surface area contributed by atoms with E-state index in [0.29, 0.717) is 11.3 Å². The van der Waals surface area contributed by atoms with E-state index in [-0.39, 0.29) is 5.92 Å². The molecule has 2 atom stereocenters. The number of hydrogen-bond acceptors (Lipinski definition) is 2. The highest BCUT2D eigenvalue weighted by atomic mass is 32.2. The third-order valence-corrected chi connectivity index (χ3v) is 5.40. The van der Waals surface area contributed by atoms with Crippen LogP contribution in [0.4, 0.5) is 0 Å². The predicted molar refractivity (Wildman–Crippen MR) is 58.5 cm³/mol. The van der Waals surface area contributed by atoms with Gasteiger partial charge >= 0.3 is 5.97 Å². The zero-order chi connectivity index (χ0) is 10.2. The molecule has 2 fully saturated rings. The van der Waals surface area contributed by atoms with Gasteiger partial charge in [0, 0.05) is 0 Å². The van der Waals surface area contributed by atoms with Crippen molar-refractivity contribution in [2.24, 2.45) is 17.3 Å². The van der Waals surface area contributed by atoms with Crippen molar-refractivity contribution in [2.45, 2.75) is 32.6 Å². The van der Waals surface area contributed by atoms with Gasteiger partial charge in [0.05, 0.1) is 5.92 Å². The summed E-state index contributed by atoms with van der Waals surface area (Å²) < 4.78 is 0. The molecule has 1 aliphatic carbocycles. The van der Waals surface area contributed by atoms with Gasteiger partial charge in [-0.25, -0.2) is 0 Å². The molecule has 1 spiro atoms. The van der Waals surface area contributed by atoms with Gasteiger partial charge in [-0.1, -0.05) is 13.3 Å². The second kappa shape index (κ2) is 3.76. The minimum atomic E-state index is -0.604. The first-order valence-corrected chi connectivity index (χ1v) is 6.62. The lowest BCUT2D eigenvalue weighted by Gasteiger charge is -2.52. The molecule has 0 aromatic heterocycles. The van der Waals surface area contributed by atoms with E-state index >= 15 is 0 Å². The van der Waals surface area contributed by atoms with Crippen molar-refractivity contribution in [1.29, 1.82) is 0 Å². The summed E-state index contributed by atoms with van der Waals surface area (Å²) in [6.07, 6.45) is 4.95. The van der Waals surface area contributed by atoms with Gasteiger partial charge in [0.2, 0.25) is 0 Å². The fourth-order valence-electron chi connectivity index (χ4n) is 3.00. The summed E-state index contributed by atoms with van der Waals surface area (Å²) in [5, 5.41) is 9.08. The minimum absolute atomic E-state index is 0.142. The molecule has 1 aliphatic heterocycles. The number of thioether (sulfide) groups is 1. The van der Waals surface area contributed by atoms with Gasteiger partial charge in [-0.15, -0.1) is 0 Å². The lowest BCUT2D eigenvalue weighted by atomic mass is 9.58. The van der Waals surface area contributed by atoms with E-state index in [1.54, 1.807) is 0 Å². The Bertz CT molecular complexity index is 235. The second-order valence-electron chi connectivity index (χ2n) is 4.79. The predicted octanol–water partition coefficient (Wildman–Crippen LogP) is 2.63. The van der Waals surface area contributed by atoms with E-state index in [1.165, 1.54) is 25.0 Å². The van der Waals surface area contributed by atoms with E-state index in [0.717, 1.165) is 12.2 Å². The van der Waals surface area contributed by atoms with Crippen LogP contribution in [0.3, 0.4) is 0 Å². The van der Waals surface area contributed by atoms with Crippen LogP contribution in [0.1, 0.15) is 32.6 Å². The van der Waals surface area contributed by atoms with Crippen molar-refractivity contribution in [3.05, 3.63) is 0 Å². The molecule has 2 nitrogen and oxygen atoms in total. The van der Waals surface area contributed by atoms with E-state index in [9.17, 15) is 4.79 Å². The Balaban J connectivity index is 2.10. The van der Waals surface area contributed by atoms with Crippen molar-refractivity contribution in [3.8, 4) is 0 Å². The molecule has 1 N–H and O–H groups in total. The standard InChI is InChI=1S/C11H18O2S/c1-8(10(12)13)9-3-6-14-7-11(9)4-2-5-11/h8-9H,2-7H2,1H3,(H,12,13). The average Bonchev–Trinajstić information content (AvgIpc) is 2.14. The summed E-state index contributed by atoms with van der Waals surface area (Å²) in [6, 6.07) is 0. The van der Waals surface area contributed by atoms with Gasteiger partial charge in [-0.3, -0.25) is 4.79 Å². The van der Waals surface area contributed by atoms with E-state index in [1.807, 2.05) is 18.7 Å². The van der Waals surface area contributed by atoms with E-state index < -0.39 is 5.97 Å². The SMILES string of the molecule is CC(C(=O)O)C1CCSCC12CCC2. The fraction of sp³-hybridized carbons (Fsp3) is 0.909. The summed E-state index contributed by atoms with van der Waals surface area (Å²) in [7, 11) is 0. The topological polar surface area (TPSA) is 37.3 Å². The van der Waals surface area contributed by atoms with Crippen LogP contribution in [0, 0.1) is 17.3 Å². The Labute approximate surface area is 89.5 Å². The molecule has 3 heteroatoms. The summed E-state index contributed by atoms with van der Waals surface area (Å²) in [5.41, 5.74) is 0.403. The number of hydrogen-bond donors (Lipinski definition) is 1. The maximum Gasteiger partial charge on any atom is 0.306 e. The van der Waals surface area contributed by atoms with Crippen LogP contribution in [0.25, 0.3) is 0 Å². The summed E-state index contributed by atoms with van der Waals surface area (Å²) >= 11 is 2.02. The monoisotopic (exact) mass is 214 g/mol. The molecule has 14 heavy (non-hydrogen) atoms. The van der Waals surface area contributed by atoms with Crippen molar-refractivity contribution in [3.63, 3.8) is 0 Å². The fourth-order valence-corrected chi connectivity index (χ4v) is 4.47. The highest BCUT2D eigenvalue weighted by Gasteiger charge is 2.48. The largest absolute Gasteiger partial charge is 0.481 e. The first-order chi connectivity index (χ1) is 6.66. The van der Waals surface area contributed by atoms with Crippen molar-refractivity contribution < 1.29 is 9.90 Å². The van der Waals surface area contributed by atoms with Crippen LogP contribution >= 0.6 is 11.8 Å². The molecule has 0 aromatic rings. The van der Waals surface area contributed by atoms with Crippen LogP contribution in [0.15, 0.2) is 0 Å². The van der Waals surface area contributed by atoms with Crippen LogP contribution in [0.5, 0.6) is 0 Å². The molecule has 1 saturated heterocycles. The quantitative estimate of drug-likeness (QED) is 0.767. The molecule has 0 radical (unpaired) electrons. The Morgan fingerprint density at radius 3 is 2.79 bits per heavy atom. The summed E-state index contributed by atoms with van der Waals surface area (Å²) in [5.74, 6) is 2.05. The number of carboxylic acid groups (broad SMARTS) is 1. The highest BCUT2D eigenvalue weighted by molar-refractivity contribution is 7.99. The Morgan fingerprint density at radius 1 is 1.57 bits per heavy atom. The molecular formula is C11H18O2S. The molecule has 80 valence electrons. The van der Waals surface area contributed by atoms with Gasteiger partial charge < -0.3 is 5.11 Å². The smallest absolute Gasteiger partial charge is 0.306 e. The number of carbonyl (C=O) groups is 1. The van der Waals surface area contributed by atoms with Gasteiger partial charge in [0.25, 0.3) is 0 Å². The van der Waals surface area contributed by atoms with E-state index in [4.69, 9.17) is 5.11 Å². The molecule has 2 rings (SSSR count). The summed E-state index contributed by atoms with van der Waals surface area (Å²) in [4.78, 5) is 11.0. The molecule has 0 bridgehead atoms. The number of carboxylic acids is 1. The maximum atomic E-state index is 11.0. The Hall–Kier alpha value is -0.180. The van der Waals surface area contributed by atoms with Crippen molar-refractivity contribution >= 4 is 17.7 Å². The zero-order valence-corrected chi connectivity index (χ0v) is 9.48. The average molecular weight is 214 g/mol. The summed E-state index contributed by atoms with van der Waals surface area (Å²) in [6.45, 7) is 1.89. The van der Waals surface area contributed by atoms with Crippen LogP contribution in [-0.4, -0.2) is 22.6 Å². The van der Waals surface area contributed by atoms with Crippen LogP contribution in [0.2, 0.25) is 0 Å². The zero-order valence-electron chi connectivity index (χ0n) is 8.66. The first-order valence-electron chi connectivity index (χ1n) is 5.46. The third-order valence-electron chi connectivity index (χ3n) is 4.09. The van der Waals surface area contributed by atoms with Gasteiger partial charge in [-0.05, 0) is 42.1 Å². The molecule has 2 aliphatic rings. The molecule has 0 amide bonds. The molecule has 1 saturated carbocycles. The van der Waals surface area contributed by atoms with Gasteiger partial charge in [-0.2, -0.15) is 11.8 Å². The highest BCUT2D eigenvalue weighted by Crippen LogP contribution is 2.55. The normalized spacial score (nSPS) is 32.2. The Kier molecular flexibility index (Phi) is 2.78. The first kappa shape index (κ1) is 10.3. The molecule has 0 aromatic carbocycles. The van der Waals surface area contributed by atoms with E-state index in [2.05, 4.69) is 0 Å². The molecule has 2 unspecified atom stereocenters. The lowest BCUT2D eigenvalue weighted by Crippen LogP contribution is -2.46. The van der Waals surface area contributed by atoms with Crippen LogP contribution in [-0.2, 0) is 4.79 Å². The maximum absolute atomic E-state index is 11.0. The Morgan fingerprint density at radius 2 is 2.29 bits per heavy atom. The minimum Gasteiger partial charge on any atom is -0.481 e. The lowest BCUT2D eigenvalue weighted by molar-refractivity contribution is -0.146. The second-order valence-corrected chi connectivity index (χ2v) is 5.90. The van der Waals surface area contributed by atoms with Crippen molar-refractivity contribution in [2.75, 3.05) is 11.5 Å².